The fourth-order valence-corrected chi connectivity index (χ4v) is 3.89. The molecule has 2 aromatic carbocycles. The molecule has 4 rings (SSSR count). The number of benzene rings is 2. The quantitative estimate of drug-likeness (QED) is 0.449. The van der Waals surface area contributed by atoms with E-state index in [1.165, 1.54) is 5.56 Å². The number of hydrogen-bond donors (Lipinski definition) is 0. The lowest BCUT2D eigenvalue weighted by molar-refractivity contribution is 0.0993. The summed E-state index contributed by atoms with van der Waals surface area (Å²) in [6.45, 7) is 9.33. The number of nitrogens with zero attached hydrogens (tertiary/aromatic N) is 4. The van der Waals surface area contributed by atoms with Gasteiger partial charge in [0.15, 0.2) is 5.78 Å². The van der Waals surface area contributed by atoms with Crippen molar-refractivity contribution in [1.82, 2.24) is 20.0 Å². The molecule has 2 heterocycles. The van der Waals surface area contributed by atoms with Crippen LogP contribution in [0.5, 0.6) is 0 Å². The number of ketones is 1. The van der Waals surface area contributed by atoms with Crippen molar-refractivity contribution in [3.8, 4) is 11.8 Å². The highest BCUT2D eigenvalue weighted by Crippen LogP contribution is 2.14. The zero-order valence-corrected chi connectivity index (χ0v) is 19.6. The average molecular weight is 439 g/mol. The molecule has 0 saturated carbocycles. The minimum absolute atomic E-state index is 0.100. The third-order valence-corrected chi connectivity index (χ3v) is 6.26. The van der Waals surface area contributed by atoms with Gasteiger partial charge in [0.25, 0.3) is 0 Å². The Labute approximate surface area is 196 Å². The van der Waals surface area contributed by atoms with E-state index in [0.29, 0.717) is 12.0 Å². The molecule has 0 bridgehead atoms. The first kappa shape index (κ1) is 22.8. The first-order valence-corrected chi connectivity index (χ1v) is 11.4. The maximum absolute atomic E-state index is 12.9. The predicted molar refractivity (Wildman–Crippen MR) is 131 cm³/mol. The van der Waals surface area contributed by atoms with Crippen LogP contribution in [0.25, 0.3) is 0 Å². The highest BCUT2D eigenvalue weighted by Gasteiger charge is 2.14. The van der Waals surface area contributed by atoms with Gasteiger partial charge in [-0.2, -0.15) is 10.2 Å². The Morgan fingerprint density at radius 2 is 1.70 bits per heavy atom. The van der Waals surface area contributed by atoms with Crippen LogP contribution in [0.2, 0.25) is 0 Å². The second-order valence-corrected chi connectivity index (χ2v) is 8.80. The van der Waals surface area contributed by atoms with Crippen molar-refractivity contribution < 1.29 is 4.79 Å². The predicted octanol–water partition coefficient (Wildman–Crippen LogP) is 3.67. The fraction of sp³-hybridized carbons (Fsp3) is 0.321. The molecule has 0 unspecified atom stereocenters. The van der Waals surface area contributed by atoms with E-state index in [4.69, 9.17) is 0 Å². The van der Waals surface area contributed by atoms with Gasteiger partial charge in [0.05, 0.1) is 11.9 Å². The van der Waals surface area contributed by atoms with Gasteiger partial charge in [0.1, 0.15) is 0 Å². The highest BCUT2D eigenvalue weighted by molar-refractivity contribution is 5.97. The maximum atomic E-state index is 12.9. The van der Waals surface area contributed by atoms with E-state index in [2.05, 4.69) is 63.2 Å². The molecule has 1 fully saturated rings. The van der Waals surface area contributed by atoms with Crippen LogP contribution in [0, 0.1) is 25.7 Å². The van der Waals surface area contributed by atoms with Gasteiger partial charge < -0.3 is 4.90 Å². The van der Waals surface area contributed by atoms with Crippen molar-refractivity contribution in [2.75, 3.05) is 33.2 Å². The van der Waals surface area contributed by atoms with E-state index in [1.54, 1.807) is 6.20 Å². The Morgan fingerprint density at radius 1 is 0.970 bits per heavy atom. The molecule has 0 radical (unpaired) electrons. The summed E-state index contributed by atoms with van der Waals surface area (Å²) in [6.07, 6.45) is 2.07. The number of likely N-dealkylation sites (N-methyl/N-ethyl adjacent to an activating group) is 1. The van der Waals surface area contributed by atoms with Crippen molar-refractivity contribution in [2.24, 2.45) is 0 Å². The van der Waals surface area contributed by atoms with Gasteiger partial charge in [-0.1, -0.05) is 48.2 Å². The number of piperazine rings is 1. The Balaban J connectivity index is 1.39. The molecule has 1 aliphatic heterocycles. The summed E-state index contributed by atoms with van der Waals surface area (Å²) in [6, 6.07) is 16.0. The summed E-state index contributed by atoms with van der Waals surface area (Å²) in [5.74, 6) is 6.42. The molecular formula is C28H30N4O. The lowest BCUT2D eigenvalue weighted by Gasteiger charge is -2.32. The molecule has 5 nitrogen and oxygen atoms in total. The second-order valence-electron chi connectivity index (χ2n) is 8.80. The number of aryl methyl sites for hydroxylation is 1. The number of hydrogen-bond acceptors (Lipinski definition) is 5. The molecule has 5 heteroatoms. The molecule has 0 N–H and O–H groups in total. The van der Waals surface area contributed by atoms with Gasteiger partial charge in [-0.25, -0.2) is 0 Å². The molecule has 0 atom stereocenters. The number of carbonyl (C=O) groups is 1. The summed E-state index contributed by atoms with van der Waals surface area (Å²) in [5, 5.41) is 8.02. The van der Waals surface area contributed by atoms with Crippen molar-refractivity contribution >= 4 is 5.78 Å². The monoisotopic (exact) mass is 438 g/mol. The van der Waals surface area contributed by atoms with E-state index < -0.39 is 0 Å². The first-order valence-electron chi connectivity index (χ1n) is 11.4. The fourth-order valence-electron chi connectivity index (χ4n) is 3.89. The Bertz CT molecular complexity index is 1180. The summed E-state index contributed by atoms with van der Waals surface area (Å²) in [5.41, 5.74) is 6.59. The normalized spacial score (nSPS) is 14.5. The van der Waals surface area contributed by atoms with Crippen LogP contribution >= 0.6 is 0 Å². The lowest BCUT2D eigenvalue weighted by atomic mass is 10.00. The zero-order chi connectivity index (χ0) is 23.2. The number of carbonyl (C=O) groups excluding carboxylic acids is 1. The SMILES string of the molecule is Cc1nncc(C#Cc2cccc(C(=O)Cc3ccc(CN4CCN(C)CC4)cc3)c2)c1C. The number of rotatable bonds is 5. The van der Waals surface area contributed by atoms with E-state index in [-0.39, 0.29) is 5.78 Å². The van der Waals surface area contributed by atoms with E-state index >= 15 is 0 Å². The topological polar surface area (TPSA) is 49.3 Å². The van der Waals surface area contributed by atoms with Crippen LogP contribution < -0.4 is 0 Å². The van der Waals surface area contributed by atoms with Crippen LogP contribution in [0.1, 0.15) is 43.9 Å². The van der Waals surface area contributed by atoms with Crippen LogP contribution in [-0.4, -0.2) is 59.0 Å². The van der Waals surface area contributed by atoms with Crippen molar-refractivity contribution in [3.63, 3.8) is 0 Å². The van der Waals surface area contributed by atoms with Crippen LogP contribution in [0.15, 0.2) is 54.7 Å². The first-order chi connectivity index (χ1) is 16.0. The second kappa shape index (κ2) is 10.5. The van der Waals surface area contributed by atoms with E-state index in [0.717, 1.165) is 60.7 Å². The number of Topliss-reactive ketones (excluding diaryl/α,β-unsaturated/α-hetero) is 1. The molecule has 1 aromatic heterocycles. The van der Waals surface area contributed by atoms with Gasteiger partial charge in [0, 0.05) is 55.8 Å². The van der Waals surface area contributed by atoms with Gasteiger partial charge in [0.2, 0.25) is 0 Å². The Morgan fingerprint density at radius 3 is 2.45 bits per heavy atom. The molecule has 3 aromatic rings. The molecule has 1 aliphatic rings. The molecule has 168 valence electrons. The highest BCUT2D eigenvalue weighted by atomic mass is 16.1. The Hall–Kier alpha value is -3.33. The van der Waals surface area contributed by atoms with Crippen LogP contribution in [-0.2, 0) is 13.0 Å². The van der Waals surface area contributed by atoms with Crippen molar-refractivity contribution in [2.45, 2.75) is 26.8 Å². The van der Waals surface area contributed by atoms with Crippen LogP contribution in [0.3, 0.4) is 0 Å². The number of aromatic nitrogens is 2. The minimum Gasteiger partial charge on any atom is -0.304 e. The van der Waals surface area contributed by atoms with Gasteiger partial charge in [-0.05, 0) is 49.7 Å². The molecule has 0 amide bonds. The molecule has 0 aliphatic carbocycles. The van der Waals surface area contributed by atoms with Gasteiger partial charge in [-0.15, -0.1) is 0 Å². The van der Waals surface area contributed by atoms with E-state index in [9.17, 15) is 4.79 Å². The van der Waals surface area contributed by atoms with Gasteiger partial charge >= 0.3 is 0 Å². The van der Waals surface area contributed by atoms with Crippen molar-refractivity contribution in [1.29, 1.82) is 0 Å². The molecule has 33 heavy (non-hydrogen) atoms. The third-order valence-electron chi connectivity index (χ3n) is 6.26. The van der Waals surface area contributed by atoms with Gasteiger partial charge in [-0.3, -0.25) is 9.69 Å². The smallest absolute Gasteiger partial charge is 0.167 e. The molecular weight excluding hydrogens is 408 g/mol. The summed E-state index contributed by atoms with van der Waals surface area (Å²) >= 11 is 0. The van der Waals surface area contributed by atoms with E-state index in [1.807, 2.05) is 38.1 Å². The van der Waals surface area contributed by atoms with Crippen LogP contribution in [0.4, 0.5) is 0 Å². The zero-order valence-electron chi connectivity index (χ0n) is 19.6. The van der Waals surface area contributed by atoms with Crippen molar-refractivity contribution in [3.05, 3.63) is 93.8 Å². The summed E-state index contributed by atoms with van der Waals surface area (Å²) in [7, 11) is 2.17. The summed E-state index contributed by atoms with van der Waals surface area (Å²) in [4.78, 5) is 17.7. The summed E-state index contributed by atoms with van der Waals surface area (Å²) < 4.78 is 0. The minimum atomic E-state index is 0.100. The largest absolute Gasteiger partial charge is 0.304 e. The maximum Gasteiger partial charge on any atom is 0.167 e. The Kier molecular flexibility index (Phi) is 7.29. The molecule has 1 saturated heterocycles. The standard InChI is InChI=1S/C28H30N4O/c1-21-22(2)30-29-19-27(21)12-11-23-5-4-6-26(17-23)28(33)18-24-7-9-25(10-8-24)20-32-15-13-31(3)14-16-32/h4-10,17,19H,13-16,18,20H2,1-3H3. The molecule has 0 spiro atoms. The lowest BCUT2D eigenvalue weighted by Crippen LogP contribution is -2.43. The average Bonchev–Trinajstić information content (AvgIpc) is 2.83. The third kappa shape index (κ3) is 6.13.